The fraction of sp³-hybridized carbons (Fsp3) is 0.538. The number of nitrogen functional groups attached to an aromatic ring is 1. The van der Waals surface area contributed by atoms with Gasteiger partial charge in [0, 0.05) is 18.3 Å². The maximum atomic E-state index is 12.1. The molecule has 0 saturated carbocycles. The van der Waals surface area contributed by atoms with E-state index in [1.54, 1.807) is 6.07 Å². The average molecular weight is 283 g/mol. The Bertz CT molecular complexity index is 557. The zero-order valence-electron chi connectivity index (χ0n) is 11.4. The molecule has 1 aromatic carbocycles. The molecule has 0 aliphatic carbocycles. The molecular weight excluding hydrogens is 262 g/mol. The van der Waals surface area contributed by atoms with Crippen LogP contribution in [-0.4, -0.2) is 28.1 Å². The zero-order chi connectivity index (χ0) is 14.0. The van der Waals surface area contributed by atoms with Crippen LogP contribution < -0.4 is 15.4 Å². The smallest absolute Gasteiger partial charge is 0.242 e. The molecule has 0 amide bonds. The van der Waals surface area contributed by atoms with Gasteiger partial charge in [-0.2, -0.15) is 0 Å². The Kier molecular flexibility index (Phi) is 4.01. The molecule has 1 heterocycles. The van der Waals surface area contributed by atoms with Crippen LogP contribution in [0.3, 0.4) is 0 Å². The largest absolute Gasteiger partial charge is 0.399 e. The topological polar surface area (TPSA) is 75.4 Å². The van der Waals surface area contributed by atoms with Crippen LogP contribution in [-0.2, 0) is 10.0 Å². The van der Waals surface area contributed by atoms with Gasteiger partial charge in [-0.3, -0.25) is 0 Å². The van der Waals surface area contributed by atoms with Crippen molar-refractivity contribution in [3.8, 4) is 0 Å². The van der Waals surface area contributed by atoms with Crippen molar-refractivity contribution < 1.29 is 8.42 Å². The number of hydrogen-bond donors (Lipinski definition) is 2. The van der Waals surface area contributed by atoms with Gasteiger partial charge < -0.3 is 10.6 Å². The van der Waals surface area contributed by atoms with E-state index in [0.717, 1.165) is 31.5 Å². The Labute approximate surface area is 114 Å². The molecule has 1 fully saturated rings. The van der Waals surface area contributed by atoms with Crippen LogP contribution in [0.15, 0.2) is 23.1 Å². The van der Waals surface area contributed by atoms with Crippen LogP contribution in [0.4, 0.5) is 11.4 Å². The van der Waals surface area contributed by atoms with Crippen LogP contribution in [0.2, 0.25) is 0 Å². The van der Waals surface area contributed by atoms with Gasteiger partial charge in [0.1, 0.15) is 4.90 Å². The molecule has 1 atom stereocenters. The van der Waals surface area contributed by atoms with E-state index in [1.165, 1.54) is 13.1 Å². The molecule has 1 aliphatic heterocycles. The van der Waals surface area contributed by atoms with Gasteiger partial charge in [-0.1, -0.05) is 6.92 Å². The molecule has 19 heavy (non-hydrogen) atoms. The van der Waals surface area contributed by atoms with Crippen molar-refractivity contribution in [1.82, 2.24) is 4.72 Å². The molecule has 5 nitrogen and oxygen atoms in total. The first kappa shape index (κ1) is 14.1. The molecule has 1 saturated heterocycles. The third kappa shape index (κ3) is 2.69. The molecule has 1 aliphatic rings. The molecule has 6 heteroatoms. The number of hydrogen-bond acceptors (Lipinski definition) is 4. The molecule has 106 valence electrons. The molecule has 0 bridgehead atoms. The Morgan fingerprint density at radius 2 is 2.21 bits per heavy atom. The van der Waals surface area contributed by atoms with Gasteiger partial charge in [-0.25, -0.2) is 13.1 Å². The lowest BCUT2D eigenvalue weighted by molar-refractivity contribution is 0.586. The monoisotopic (exact) mass is 283 g/mol. The molecule has 0 aromatic heterocycles. The highest BCUT2D eigenvalue weighted by molar-refractivity contribution is 7.89. The number of nitrogens with zero attached hydrogens (tertiary/aromatic N) is 1. The summed E-state index contributed by atoms with van der Waals surface area (Å²) in [5, 5.41) is 0. The van der Waals surface area contributed by atoms with Gasteiger partial charge in [0.15, 0.2) is 0 Å². The number of benzene rings is 1. The SMILES string of the molecule is CCC1CCCN1c1ccc(N)cc1S(=O)(=O)NC. The molecule has 2 rings (SSSR count). The van der Waals surface area contributed by atoms with Crippen LogP contribution in [0.5, 0.6) is 0 Å². The summed E-state index contributed by atoms with van der Waals surface area (Å²) < 4.78 is 26.6. The predicted octanol–water partition coefficient (Wildman–Crippen LogP) is 1.56. The van der Waals surface area contributed by atoms with Gasteiger partial charge >= 0.3 is 0 Å². The lowest BCUT2D eigenvalue weighted by Crippen LogP contribution is -2.31. The second-order valence-electron chi connectivity index (χ2n) is 4.83. The molecule has 3 N–H and O–H groups in total. The minimum Gasteiger partial charge on any atom is -0.399 e. The quantitative estimate of drug-likeness (QED) is 0.822. The lowest BCUT2D eigenvalue weighted by Gasteiger charge is -2.28. The summed E-state index contributed by atoms with van der Waals surface area (Å²) in [6, 6.07) is 5.52. The summed E-state index contributed by atoms with van der Waals surface area (Å²) in [7, 11) is -2.07. The molecular formula is C13H21N3O2S. The normalized spacial score (nSPS) is 19.9. The van der Waals surface area contributed by atoms with Crippen molar-refractivity contribution in [1.29, 1.82) is 0 Å². The number of anilines is 2. The summed E-state index contributed by atoms with van der Waals surface area (Å²) in [5.41, 5.74) is 6.95. The first-order chi connectivity index (χ1) is 8.99. The highest BCUT2D eigenvalue weighted by Gasteiger charge is 2.28. The maximum absolute atomic E-state index is 12.1. The molecule has 0 radical (unpaired) electrons. The van der Waals surface area contributed by atoms with Gasteiger partial charge in [0.2, 0.25) is 10.0 Å². The van der Waals surface area contributed by atoms with Crippen molar-refractivity contribution in [3.05, 3.63) is 18.2 Å². The van der Waals surface area contributed by atoms with E-state index in [-0.39, 0.29) is 4.90 Å². The first-order valence-electron chi connectivity index (χ1n) is 6.59. The van der Waals surface area contributed by atoms with E-state index < -0.39 is 10.0 Å². The summed E-state index contributed by atoms with van der Waals surface area (Å²) in [6.45, 7) is 3.03. The number of rotatable bonds is 4. The second kappa shape index (κ2) is 5.38. The van der Waals surface area contributed by atoms with Crippen LogP contribution in [0.25, 0.3) is 0 Å². The number of nitrogens with one attached hydrogen (secondary N) is 1. The third-order valence-corrected chi connectivity index (χ3v) is 5.14. The van der Waals surface area contributed by atoms with E-state index in [2.05, 4.69) is 16.5 Å². The van der Waals surface area contributed by atoms with Crippen LogP contribution in [0, 0.1) is 0 Å². The predicted molar refractivity (Wildman–Crippen MR) is 77.8 cm³/mol. The van der Waals surface area contributed by atoms with E-state index in [1.807, 2.05) is 6.07 Å². The van der Waals surface area contributed by atoms with E-state index in [4.69, 9.17) is 5.73 Å². The van der Waals surface area contributed by atoms with Crippen molar-refractivity contribution in [2.75, 3.05) is 24.2 Å². The van der Waals surface area contributed by atoms with Gasteiger partial charge in [0.25, 0.3) is 0 Å². The van der Waals surface area contributed by atoms with Crippen LogP contribution >= 0.6 is 0 Å². The fourth-order valence-corrected chi connectivity index (χ4v) is 3.64. The van der Waals surface area contributed by atoms with Gasteiger partial charge in [-0.15, -0.1) is 0 Å². The Morgan fingerprint density at radius 1 is 1.47 bits per heavy atom. The molecule has 0 spiro atoms. The minimum absolute atomic E-state index is 0.273. The first-order valence-corrected chi connectivity index (χ1v) is 8.07. The van der Waals surface area contributed by atoms with Crippen molar-refractivity contribution in [3.63, 3.8) is 0 Å². The average Bonchev–Trinajstić information content (AvgIpc) is 2.86. The van der Waals surface area contributed by atoms with Gasteiger partial charge in [-0.05, 0) is 44.5 Å². The zero-order valence-corrected chi connectivity index (χ0v) is 12.2. The maximum Gasteiger partial charge on any atom is 0.242 e. The van der Waals surface area contributed by atoms with E-state index in [9.17, 15) is 8.42 Å². The van der Waals surface area contributed by atoms with Crippen LogP contribution in [0.1, 0.15) is 26.2 Å². The number of sulfonamides is 1. The second-order valence-corrected chi connectivity index (χ2v) is 6.69. The molecule has 1 unspecified atom stereocenters. The lowest BCUT2D eigenvalue weighted by atomic mass is 10.1. The van der Waals surface area contributed by atoms with Crippen molar-refractivity contribution in [2.24, 2.45) is 0 Å². The Hall–Kier alpha value is -1.27. The minimum atomic E-state index is -3.49. The standard InChI is InChI=1S/C13H21N3O2S/c1-3-11-5-4-8-16(11)12-7-6-10(14)9-13(12)19(17,18)15-2/h6-7,9,11,15H,3-5,8,14H2,1-2H3. The van der Waals surface area contributed by atoms with E-state index >= 15 is 0 Å². The highest BCUT2D eigenvalue weighted by Crippen LogP contribution is 2.33. The fourth-order valence-electron chi connectivity index (χ4n) is 2.67. The van der Waals surface area contributed by atoms with Crippen molar-refractivity contribution >= 4 is 21.4 Å². The highest BCUT2D eigenvalue weighted by atomic mass is 32.2. The van der Waals surface area contributed by atoms with E-state index in [0.29, 0.717) is 11.7 Å². The Morgan fingerprint density at radius 3 is 2.84 bits per heavy atom. The summed E-state index contributed by atoms with van der Waals surface area (Å²) in [4.78, 5) is 2.46. The summed E-state index contributed by atoms with van der Waals surface area (Å²) in [6.07, 6.45) is 3.23. The summed E-state index contributed by atoms with van der Waals surface area (Å²) >= 11 is 0. The number of nitrogens with two attached hydrogens (primary N) is 1. The molecule has 1 aromatic rings. The third-order valence-electron chi connectivity index (χ3n) is 3.70. The Balaban J connectivity index is 2.51. The van der Waals surface area contributed by atoms with Crippen molar-refractivity contribution in [2.45, 2.75) is 37.1 Å². The summed E-state index contributed by atoms with van der Waals surface area (Å²) in [5.74, 6) is 0. The van der Waals surface area contributed by atoms with Gasteiger partial charge in [0.05, 0.1) is 5.69 Å².